The van der Waals surface area contributed by atoms with Crippen LogP contribution < -0.4 is 10.6 Å². The second-order valence-corrected chi connectivity index (χ2v) is 5.49. The van der Waals surface area contributed by atoms with Gasteiger partial charge >= 0.3 is 0 Å². The molecular weight excluding hydrogens is 272 g/mol. The Morgan fingerprint density at radius 3 is 2.64 bits per heavy atom. The van der Waals surface area contributed by atoms with E-state index in [9.17, 15) is 0 Å². The van der Waals surface area contributed by atoms with Gasteiger partial charge in [-0.3, -0.25) is 0 Å². The molecule has 0 aliphatic rings. The Morgan fingerprint density at radius 2 is 1.86 bits per heavy atom. The van der Waals surface area contributed by atoms with Crippen LogP contribution in [-0.4, -0.2) is 16.5 Å². The van der Waals surface area contributed by atoms with Crippen LogP contribution in [0.2, 0.25) is 0 Å². The SMILES string of the molecule is CCCCCNc1cc(C)nc(Nc2ccccc2CC)n1. The average Bonchev–Trinajstić information content (AvgIpc) is 2.52. The molecule has 4 heteroatoms. The molecule has 0 spiro atoms. The summed E-state index contributed by atoms with van der Waals surface area (Å²) in [6, 6.07) is 10.3. The van der Waals surface area contributed by atoms with E-state index in [1.807, 2.05) is 19.1 Å². The summed E-state index contributed by atoms with van der Waals surface area (Å²) in [5.74, 6) is 1.54. The topological polar surface area (TPSA) is 49.8 Å². The number of nitrogens with zero attached hydrogens (tertiary/aromatic N) is 2. The number of hydrogen-bond acceptors (Lipinski definition) is 4. The first-order valence-corrected chi connectivity index (χ1v) is 8.17. The number of benzene rings is 1. The lowest BCUT2D eigenvalue weighted by Gasteiger charge is -2.12. The molecule has 2 rings (SSSR count). The molecule has 0 fully saturated rings. The number of hydrogen-bond donors (Lipinski definition) is 2. The molecule has 1 heterocycles. The molecule has 1 aromatic heterocycles. The van der Waals surface area contributed by atoms with Crippen LogP contribution in [0.25, 0.3) is 0 Å². The molecule has 0 atom stereocenters. The molecule has 0 radical (unpaired) electrons. The van der Waals surface area contributed by atoms with Gasteiger partial charge in [0.2, 0.25) is 5.95 Å². The van der Waals surface area contributed by atoms with Crippen molar-refractivity contribution in [3.63, 3.8) is 0 Å². The Labute approximate surface area is 133 Å². The number of para-hydroxylation sites is 1. The average molecular weight is 298 g/mol. The summed E-state index contributed by atoms with van der Waals surface area (Å²) >= 11 is 0. The summed E-state index contributed by atoms with van der Waals surface area (Å²) in [5, 5.41) is 6.73. The van der Waals surface area contributed by atoms with Crippen molar-refractivity contribution in [3.8, 4) is 0 Å². The first-order valence-electron chi connectivity index (χ1n) is 8.17. The standard InChI is InChI=1S/C18H26N4/c1-4-6-9-12-19-17-13-14(3)20-18(22-17)21-16-11-8-7-10-15(16)5-2/h7-8,10-11,13H,4-6,9,12H2,1-3H3,(H2,19,20,21,22). The fourth-order valence-electron chi connectivity index (χ4n) is 2.38. The largest absolute Gasteiger partial charge is 0.370 e. The number of nitrogens with one attached hydrogen (secondary N) is 2. The molecule has 2 N–H and O–H groups in total. The van der Waals surface area contributed by atoms with E-state index in [1.54, 1.807) is 0 Å². The molecule has 4 nitrogen and oxygen atoms in total. The third kappa shape index (κ3) is 4.72. The molecule has 0 aliphatic heterocycles. The second-order valence-electron chi connectivity index (χ2n) is 5.49. The van der Waals surface area contributed by atoms with E-state index in [-0.39, 0.29) is 0 Å². The zero-order chi connectivity index (χ0) is 15.8. The maximum absolute atomic E-state index is 4.57. The minimum atomic E-state index is 0.652. The van der Waals surface area contributed by atoms with E-state index in [0.717, 1.165) is 30.2 Å². The van der Waals surface area contributed by atoms with Crippen LogP contribution in [0.15, 0.2) is 30.3 Å². The lowest BCUT2D eigenvalue weighted by atomic mass is 10.1. The third-order valence-corrected chi connectivity index (χ3v) is 3.59. The lowest BCUT2D eigenvalue weighted by Crippen LogP contribution is -2.07. The van der Waals surface area contributed by atoms with Crippen molar-refractivity contribution >= 4 is 17.5 Å². The van der Waals surface area contributed by atoms with Crippen LogP contribution in [0.4, 0.5) is 17.5 Å². The Morgan fingerprint density at radius 1 is 1.05 bits per heavy atom. The van der Waals surface area contributed by atoms with Gasteiger partial charge < -0.3 is 10.6 Å². The first kappa shape index (κ1) is 16.3. The van der Waals surface area contributed by atoms with Gasteiger partial charge in [-0.05, 0) is 31.4 Å². The fourth-order valence-corrected chi connectivity index (χ4v) is 2.38. The van der Waals surface area contributed by atoms with Crippen molar-refractivity contribution in [1.29, 1.82) is 0 Å². The van der Waals surface area contributed by atoms with E-state index < -0.39 is 0 Å². The Kier molecular flexibility index (Phi) is 6.19. The molecule has 0 bridgehead atoms. The van der Waals surface area contributed by atoms with Crippen molar-refractivity contribution in [2.45, 2.75) is 46.5 Å². The summed E-state index contributed by atoms with van der Waals surface area (Å²) in [6.07, 6.45) is 4.62. The summed E-state index contributed by atoms with van der Waals surface area (Å²) in [5.41, 5.74) is 3.31. The van der Waals surface area contributed by atoms with Crippen LogP contribution in [0.3, 0.4) is 0 Å². The highest BCUT2D eigenvalue weighted by atomic mass is 15.1. The van der Waals surface area contributed by atoms with Gasteiger partial charge in [0.15, 0.2) is 0 Å². The zero-order valence-corrected chi connectivity index (χ0v) is 13.8. The zero-order valence-electron chi connectivity index (χ0n) is 13.8. The van der Waals surface area contributed by atoms with Gasteiger partial charge in [-0.2, -0.15) is 4.98 Å². The molecule has 22 heavy (non-hydrogen) atoms. The van der Waals surface area contributed by atoms with E-state index in [4.69, 9.17) is 0 Å². The van der Waals surface area contributed by atoms with Crippen molar-refractivity contribution < 1.29 is 0 Å². The number of rotatable bonds is 8. The molecular formula is C18H26N4. The monoisotopic (exact) mass is 298 g/mol. The summed E-state index contributed by atoms with van der Waals surface area (Å²) in [7, 11) is 0. The van der Waals surface area contributed by atoms with Gasteiger partial charge in [-0.1, -0.05) is 44.9 Å². The normalized spacial score (nSPS) is 10.5. The number of aromatic nitrogens is 2. The van der Waals surface area contributed by atoms with Gasteiger partial charge in [-0.15, -0.1) is 0 Å². The van der Waals surface area contributed by atoms with Crippen LogP contribution >= 0.6 is 0 Å². The van der Waals surface area contributed by atoms with Crippen molar-refractivity contribution in [2.75, 3.05) is 17.2 Å². The number of aryl methyl sites for hydroxylation is 2. The van der Waals surface area contributed by atoms with Crippen molar-refractivity contribution in [2.24, 2.45) is 0 Å². The summed E-state index contributed by atoms with van der Waals surface area (Å²) in [4.78, 5) is 9.06. The predicted octanol–water partition coefficient (Wildman–Crippen LogP) is 4.69. The molecule has 118 valence electrons. The highest BCUT2D eigenvalue weighted by Gasteiger charge is 2.05. The highest BCUT2D eigenvalue weighted by Crippen LogP contribution is 2.20. The number of anilines is 3. The smallest absolute Gasteiger partial charge is 0.229 e. The molecule has 0 saturated carbocycles. The summed E-state index contributed by atoms with van der Waals surface area (Å²) in [6.45, 7) is 7.31. The Hall–Kier alpha value is -2.10. The molecule has 0 aliphatic carbocycles. The van der Waals surface area contributed by atoms with Gasteiger partial charge in [0, 0.05) is 24.0 Å². The van der Waals surface area contributed by atoms with Gasteiger partial charge in [0.1, 0.15) is 5.82 Å². The minimum absolute atomic E-state index is 0.652. The highest BCUT2D eigenvalue weighted by molar-refractivity contribution is 5.59. The molecule has 0 saturated heterocycles. The second kappa shape index (κ2) is 8.37. The Bertz CT molecular complexity index is 595. The van der Waals surface area contributed by atoms with Crippen molar-refractivity contribution in [3.05, 3.63) is 41.6 Å². The molecule has 0 unspecified atom stereocenters. The van der Waals surface area contributed by atoms with E-state index in [0.29, 0.717) is 5.95 Å². The molecule has 0 amide bonds. The minimum Gasteiger partial charge on any atom is -0.370 e. The van der Waals surface area contributed by atoms with Crippen LogP contribution in [0.1, 0.15) is 44.4 Å². The van der Waals surface area contributed by atoms with Gasteiger partial charge in [-0.25, -0.2) is 4.98 Å². The van der Waals surface area contributed by atoms with Crippen LogP contribution in [0, 0.1) is 6.92 Å². The lowest BCUT2D eigenvalue weighted by molar-refractivity contribution is 0.742. The van der Waals surface area contributed by atoms with E-state index in [2.05, 4.69) is 52.6 Å². The Balaban J connectivity index is 2.09. The number of unbranched alkanes of at least 4 members (excludes halogenated alkanes) is 2. The van der Waals surface area contributed by atoms with Crippen LogP contribution in [0.5, 0.6) is 0 Å². The maximum Gasteiger partial charge on any atom is 0.229 e. The fraction of sp³-hybridized carbons (Fsp3) is 0.444. The van der Waals surface area contributed by atoms with E-state index in [1.165, 1.54) is 24.8 Å². The van der Waals surface area contributed by atoms with Crippen LogP contribution in [-0.2, 0) is 6.42 Å². The van der Waals surface area contributed by atoms with Gasteiger partial charge in [0.25, 0.3) is 0 Å². The predicted molar refractivity (Wildman–Crippen MR) is 93.9 cm³/mol. The maximum atomic E-state index is 4.57. The first-order chi connectivity index (χ1) is 10.7. The van der Waals surface area contributed by atoms with Crippen molar-refractivity contribution in [1.82, 2.24) is 9.97 Å². The quantitative estimate of drug-likeness (QED) is 0.694. The van der Waals surface area contributed by atoms with Gasteiger partial charge in [0.05, 0.1) is 0 Å². The summed E-state index contributed by atoms with van der Waals surface area (Å²) < 4.78 is 0. The third-order valence-electron chi connectivity index (χ3n) is 3.59. The molecule has 2 aromatic rings. The van der Waals surface area contributed by atoms with E-state index >= 15 is 0 Å². The molecule has 1 aromatic carbocycles.